The molecule has 3 rings (SSSR count). The van der Waals surface area contributed by atoms with Crippen LogP contribution in [-0.2, 0) is 29.1 Å². The molecule has 2 aliphatic heterocycles. The molecule has 0 bridgehead atoms. The molecule has 2 unspecified atom stereocenters. The van der Waals surface area contributed by atoms with Crippen molar-refractivity contribution in [3.63, 3.8) is 0 Å². The molecule has 1 N–H and O–H groups in total. The fraction of sp³-hybridized carbons (Fsp3) is 0.714. The van der Waals surface area contributed by atoms with E-state index in [0.29, 0.717) is 45.1 Å². The lowest BCUT2D eigenvalue weighted by Gasteiger charge is -2.31. The number of methoxy groups -OCH3 is 1. The third kappa shape index (κ3) is 9.60. The van der Waals surface area contributed by atoms with Gasteiger partial charge in [0.25, 0.3) is 0 Å². The molecule has 0 saturated carbocycles. The summed E-state index contributed by atoms with van der Waals surface area (Å²) in [5.41, 5.74) is 3.91. The van der Waals surface area contributed by atoms with Crippen LogP contribution in [0, 0.1) is 5.92 Å². The molecule has 1 aromatic carbocycles. The highest BCUT2D eigenvalue weighted by Crippen LogP contribution is 2.30. The number of unbranched alkanes of at least 4 members (excludes halogenated alkanes) is 2. The Labute approximate surface area is 238 Å². The zero-order valence-electron chi connectivity index (χ0n) is 24.0. The van der Waals surface area contributed by atoms with Crippen LogP contribution in [0.2, 0.25) is 0 Å². The number of carbonyl (C=O) groups excluding carboxylic acids is 2. The van der Waals surface area contributed by atoms with Crippen LogP contribution in [0.15, 0.2) is 24.3 Å². The Kier molecular flexibility index (Phi) is 13.0. The number of likely N-dealkylation sites (tertiary alicyclic amines) is 1. The monoisotopic (exact) mass is 583 g/mol. The lowest BCUT2D eigenvalue weighted by molar-refractivity contribution is -0.141. The average molecular weight is 584 g/mol. The third-order valence-electron chi connectivity index (χ3n) is 7.35. The summed E-state index contributed by atoms with van der Waals surface area (Å²) in [5, 5.41) is 0. The molecular weight excluding hydrogens is 538 g/mol. The van der Waals surface area contributed by atoms with Gasteiger partial charge in [0.1, 0.15) is 12.0 Å². The smallest absolute Gasteiger partial charge is 0.409 e. The standard InChI is InChI=1S/C28H45N3O8S/c1-4-6-18-37-28(33)30-15-12-22(13-16-30)21-38-24-10-8-23(9-11-24)25-20-26(39-29-25)31(17-14-27(32)36-3)40(34,35)19-7-5-2/h8-11,22,25-26,29H,4-7,12-21H2,1-3H3. The molecule has 40 heavy (non-hydrogen) atoms. The Hall–Kier alpha value is -2.41. The molecule has 226 valence electrons. The van der Waals surface area contributed by atoms with Crippen LogP contribution in [0.3, 0.4) is 0 Å². The van der Waals surface area contributed by atoms with E-state index in [4.69, 9.17) is 19.0 Å². The van der Waals surface area contributed by atoms with Crippen molar-refractivity contribution >= 4 is 22.1 Å². The highest BCUT2D eigenvalue weighted by Gasteiger charge is 2.37. The number of piperidine rings is 1. The molecule has 2 heterocycles. The number of amides is 1. The second-order valence-corrected chi connectivity index (χ2v) is 12.4. The molecule has 2 aliphatic rings. The van der Waals surface area contributed by atoms with E-state index in [9.17, 15) is 18.0 Å². The van der Waals surface area contributed by atoms with E-state index in [1.54, 1.807) is 4.90 Å². The summed E-state index contributed by atoms with van der Waals surface area (Å²) >= 11 is 0. The van der Waals surface area contributed by atoms with Crippen molar-refractivity contribution in [2.45, 2.75) is 77.5 Å². The molecule has 0 spiro atoms. The summed E-state index contributed by atoms with van der Waals surface area (Å²) in [5.74, 6) is 0.658. The number of hydrogen-bond donors (Lipinski definition) is 1. The molecule has 1 aromatic rings. The SMILES string of the molecule is CCCCOC(=O)N1CCC(COc2ccc(C3CC(N(CCC(=O)OC)S(=O)(=O)CCCC)ON3)cc2)CC1. The fourth-order valence-electron chi connectivity index (χ4n) is 4.74. The molecule has 2 atom stereocenters. The number of ether oxygens (including phenoxy) is 3. The number of hydroxylamine groups is 1. The average Bonchev–Trinajstić information content (AvgIpc) is 3.45. The highest BCUT2D eigenvalue weighted by molar-refractivity contribution is 7.89. The minimum Gasteiger partial charge on any atom is -0.493 e. The fourth-order valence-corrected chi connectivity index (χ4v) is 6.48. The van der Waals surface area contributed by atoms with Crippen LogP contribution in [0.1, 0.15) is 76.8 Å². The normalized spacial score (nSPS) is 20.1. The number of esters is 1. The summed E-state index contributed by atoms with van der Waals surface area (Å²) in [7, 11) is -2.32. The molecule has 12 heteroatoms. The Morgan fingerprint density at radius 2 is 1.80 bits per heavy atom. The highest BCUT2D eigenvalue weighted by atomic mass is 32.2. The second kappa shape index (κ2) is 16.1. The van der Waals surface area contributed by atoms with Crippen molar-refractivity contribution < 1.29 is 37.1 Å². The van der Waals surface area contributed by atoms with Crippen molar-refractivity contribution in [3.8, 4) is 5.75 Å². The molecular formula is C28H45N3O8S. The van der Waals surface area contributed by atoms with E-state index < -0.39 is 22.2 Å². The van der Waals surface area contributed by atoms with E-state index in [2.05, 4.69) is 12.4 Å². The number of sulfonamides is 1. The maximum atomic E-state index is 13.0. The molecule has 1 amide bonds. The van der Waals surface area contributed by atoms with Crippen molar-refractivity contribution in [3.05, 3.63) is 29.8 Å². The van der Waals surface area contributed by atoms with Gasteiger partial charge in [-0.05, 0) is 49.3 Å². The van der Waals surface area contributed by atoms with E-state index in [1.807, 2.05) is 31.2 Å². The first-order valence-electron chi connectivity index (χ1n) is 14.4. The zero-order chi connectivity index (χ0) is 29.0. The number of hydrogen-bond acceptors (Lipinski definition) is 9. The minimum atomic E-state index is -3.60. The van der Waals surface area contributed by atoms with E-state index in [0.717, 1.165) is 43.4 Å². The summed E-state index contributed by atoms with van der Waals surface area (Å²) in [6, 6.07) is 7.48. The summed E-state index contributed by atoms with van der Waals surface area (Å²) in [6.07, 6.45) is 4.34. The summed E-state index contributed by atoms with van der Waals surface area (Å²) < 4.78 is 43.3. The van der Waals surface area contributed by atoms with Gasteiger partial charge in [-0.2, -0.15) is 9.79 Å². The lowest BCUT2D eigenvalue weighted by Crippen LogP contribution is -2.43. The topological polar surface area (TPSA) is 124 Å². The number of nitrogens with one attached hydrogen (secondary N) is 1. The number of carbonyl (C=O) groups is 2. The van der Waals surface area contributed by atoms with Gasteiger partial charge >= 0.3 is 12.1 Å². The predicted molar refractivity (Wildman–Crippen MR) is 150 cm³/mol. The first kappa shape index (κ1) is 32.1. The van der Waals surface area contributed by atoms with Crippen LogP contribution >= 0.6 is 0 Å². The Balaban J connectivity index is 1.48. The Bertz CT molecular complexity index is 1030. The third-order valence-corrected chi connectivity index (χ3v) is 9.28. The van der Waals surface area contributed by atoms with Gasteiger partial charge in [-0.15, -0.1) is 0 Å². The van der Waals surface area contributed by atoms with Crippen molar-refractivity contribution in [1.82, 2.24) is 14.7 Å². The summed E-state index contributed by atoms with van der Waals surface area (Å²) in [6.45, 7) is 6.41. The van der Waals surface area contributed by atoms with E-state index >= 15 is 0 Å². The number of rotatable bonds is 15. The molecule has 0 aliphatic carbocycles. The van der Waals surface area contributed by atoms with Crippen LogP contribution in [0.25, 0.3) is 0 Å². The summed E-state index contributed by atoms with van der Waals surface area (Å²) in [4.78, 5) is 31.3. The Morgan fingerprint density at radius 3 is 2.45 bits per heavy atom. The maximum Gasteiger partial charge on any atom is 0.409 e. The molecule has 0 radical (unpaired) electrons. The molecule has 2 fully saturated rings. The van der Waals surface area contributed by atoms with Gasteiger partial charge < -0.3 is 19.1 Å². The maximum absolute atomic E-state index is 13.0. The number of nitrogens with zero attached hydrogens (tertiary/aromatic N) is 2. The molecule has 11 nitrogen and oxygen atoms in total. The first-order chi connectivity index (χ1) is 19.3. The number of benzene rings is 1. The van der Waals surface area contributed by atoms with Crippen LogP contribution in [0.5, 0.6) is 5.75 Å². The van der Waals surface area contributed by atoms with Gasteiger partial charge in [-0.3, -0.25) is 9.63 Å². The minimum absolute atomic E-state index is 0.00328. The predicted octanol–water partition coefficient (Wildman–Crippen LogP) is 4.00. The van der Waals surface area contributed by atoms with Gasteiger partial charge in [0.2, 0.25) is 10.0 Å². The largest absolute Gasteiger partial charge is 0.493 e. The van der Waals surface area contributed by atoms with Gasteiger partial charge in [0.15, 0.2) is 0 Å². The van der Waals surface area contributed by atoms with Gasteiger partial charge in [-0.25, -0.2) is 13.2 Å². The van der Waals surface area contributed by atoms with Gasteiger partial charge in [0.05, 0.1) is 38.5 Å². The lowest BCUT2D eigenvalue weighted by atomic mass is 9.98. The second-order valence-electron chi connectivity index (χ2n) is 10.4. The quantitative estimate of drug-likeness (QED) is 0.241. The molecule has 2 saturated heterocycles. The van der Waals surface area contributed by atoms with Crippen molar-refractivity contribution in [1.29, 1.82) is 0 Å². The van der Waals surface area contributed by atoms with Gasteiger partial charge in [0, 0.05) is 26.1 Å². The van der Waals surface area contributed by atoms with Gasteiger partial charge in [-0.1, -0.05) is 38.8 Å². The van der Waals surface area contributed by atoms with Crippen molar-refractivity contribution in [2.24, 2.45) is 5.92 Å². The van der Waals surface area contributed by atoms with Crippen LogP contribution in [0.4, 0.5) is 4.79 Å². The van der Waals surface area contributed by atoms with Crippen LogP contribution < -0.4 is 10.2 Å². The van der Waals surface area contributed by atoms with Crippen LogP contribution in [-0.4, -0.2) is 81.6 Å². The van der Waals surface area contributed by atoms with Crippen molar-refractivity contribution in [2.75, 3.05) is 45.7 Å². The van der Waals surface area contributed by atoms with E-state index in [1.165, 1.54) is 11.4 Å². The molecule has 0 aromatic heterocycles. The van der Waals surface area contributed by atoms with E-state index in [-0.39, 0.29) is 30.9 Å². The Morgan fingerprint density at radius 1 is 1.10 bits per heavy atom. The zero-order valence-corrected chi connectivity index (χ0v) is 24.8. The first-order valence-corrected chi connectivity index (χ1v) is 16.0.